The molecule has 0 aliphatic heterocycles. The molecule has 0 aliphatic rings. The van der Waals surface area contributed by atoms with Gasteiger partial charge < -0.3 is 11.1 Å². The van der Waals surface area contributed by atoms with Gasteiger partial charge in [-0.05, 0) is 43.3 Å². The molecule has 1 atom stereocenters. The molecule has 0 heterocycles. The number of nitrogens with one attached hydrogen (secondary N) is 1. The molecule has 0 saturated carbocycles. The van der Waals surface area contributed by atoms with Crippen LogP contribution in [0.4, 0.5) is 11.4 Å². The average Bonchev–Trinajstić information content (AvgIpc) is 2.43. The molecule has 0 aliphatic carbocycles. The van der Waals surface area contributed by atoms with Crippen LogP contribution < -0.4 is 11.1 Å². The minimum Gasteiger partial charge on any atom is -0.397 e. The Hall–Kier alpha value is -1.17. The molecule has 1 unspecified atom stereocenters. The van der Waals surface area contributed by atoms with Crippen molar-refractivity contribution in [1.82, 2.24) is 0 Å². The molecule has 0 aromatic heterocycles. The van der Waals surface area contributed by atoms with Gasteiger partial charge in [0.05, 0.1) is 16.6 Å². The van der Waals surface area contributed by atoms with Crippen molar-refractivity contribution in [3.8, 4) is 0 Å². The number of halogens is 2. The van der Waals surface area contributed by atoms with Gasteiger partial charge in [0, 0.05) is 14.4 Å². The number of hydrogen-bond donors (Lipinski definition) is 2. The number of carbonyl (C=O) groups is 1. The number of rotatable bonds is 4. The predicted molar refractivity (Wildman–Crippen MR) is 94.0 cm³/mol. The fourth-order valence-corrected chi connectivity index (χ4v) is 3.32. The Bertz CT molecular complexity index is 666. The maximum Gasteiger partial charge on any atom is 0.237 e. The number of hydrogen-bond acceptors (Lipinski definition) is 3. The summed E-state index contributed by atoms with van der Waals surface area (Å²) >= 11 is 10.8. The molecule has 6 heteroatoms. The molecular formula is C15H14BrClN2OS. The van der Waals surface area contributed by atoms with Gasteiger partial charge in [-0.2, -0.15) is 0 Å². The third-order valence-electron chi connectivity index (χ3n) is 2.75. The van der Waals surface area contributed by atoms with Gasteiger partial charge >= 0.3 is 0 Å². The van der Waals surface area contributed by atoms with Crippen molar-refractivity contribution in [2.24, 2.45) is 0 Å². The Morgan fingerprint density at radius 2 is 2.10 bits per heavy atom. The van der Waals surface area contributed by atoms with E-state index in [0.29, 0.717) is 16.4 Å². The highest BCUT2D eigenvalue weighted by Gasteiger charge is 2.15. The molecule has 21 heavy (non-hydrogen) atoms. The van der Waals surface area contributed by atoms with Gasteiger partial charge in [-0.25, -0.2) is 0 Å². The first-order valence-corrected chi connectivity index (χ1v) is 8.29. The lowest BCUT2D eigenvalue weighted by molar-refractivity contribution is -0.115. The van der Waals surface area contributed by atoms with Crippen LogP contribution in [0.2, 0.25) is 5.02 Å². The highest BCUT2D eigenvalue weighted by Crippen LogP contribution is 2.28. The third-order valence-corrected chi connectivity index (χ3v) is 4.57. The molecule has 110 valence electrons. The molecule has 0 spiro atoms. The zero-order valence-corrected chi connectivity index (χ0v) is 14.4. The van der Waals surface area contributed by atoms with Crippen LogP contribution in [0.25, 0.3) is 0 Å². The van der Waals surface area contributed by atoms with Crippen LogP contribution in [0.1, 0.15) is 6.92 Å². The third kappa shape index (κ3) is 4.66. The van der Waals surface area contributed by atoms with Gasteiger partial charge in [-0.1, -0.05) is 33.6 Å². The molecule has 0 bridgehead atoms. The summed E-state index contributed by atoms with van der Waals surface area (Å²) in [5, 5.41) is 3.09. The first-order valence-electron chi connectivity index (χ1n) is 6.24. The maximum atomic E-state index is 12.2. The standard InChI is InChI=1S/C15H14BrClN2OS/c1-9(21-12-4-2-3-10(16)7-12)15(20)19-14-8-11(17)5-6-13(14)18/h2-9H,18H2,1H3,(H,19,20). The second-order valence-corrected chi connectivity index (χ2v) is 7.20. The summed E-state index contributed by atoms with van der Waals surface area (Å²) in [7, 11) is 0. The molecule has 1 amide bonds. The van der Waals surface area contributed by atoms with Crippen LogP contribution in [-0.2, 0) is 4.79 Å². The Morgan fingerprint density at radius 3 is 2.81 bits per heavy atom. The van der Waals surface area contributed by atoms with E-state index in [1.54, 1.807) is 18.2 Å². The molecule has 2 rings (SSSR count). The summed E-state index contributed by atoms with van der Waals surface area (Å²) in [4.78, 5) is 13.2. The summed E-state index contributed by atoms with van der Waals surface area (Å²) in [5.41, 5.74) is 6.85. The SMILES string of the molecule is CC(Sc1cccc(Br)c1)C(=O)Nc1cc(Cl)ccc1N. The molecular weight excluding hydrogens is 372 g/mol. The highest BCUT2D eigenvalue weighted by atomic mass is 79.9. The first kappa shape index (κ1) is 16.2. The van der Waals surface area contributed by atoms with E-state index in [9.17, 15) is 4.79 Å². The largest absolute Gasteiger partial charge is 0.397 e. The van der Waals surface area contributed by atoms with Gasteiger partial charge in [-0.3, -0.25) is 4.79 Å². The molecule has 2 aromatic carbocycles. The average molecular weight is 386 g/mol. The summed E-state index contributed by atoms with van der Waals surface area (Å²) < 4.78 is 0.985. The quantitative estimate of drug-likeness (QED) is 0.587. The van der Waals surface area contributed by atoms with Crippen molar-refractivity contribution < 1.29 is 4.79 Å². The number of nitrogens with two attached hydrogens (primary N) is 1. The fourth-order valence-electron chi connectivity index (χ4n) is 1.67. The number of nitrogen functional groups attached to an aromatic ring is 1. The zero-order valence-electron chi connectivity index (χ0n) is 11.3. The van der Waals surface area contributed by atoms with E-state index in [1.807, 2.05) is 31.2 Å². The minimum atomic E-state index is -0.252. The Labute approximate surface area is 141 Å². The summed E-state index contributed by atoms with van der Waals surface area (Å²) in [6.45, 7) is 1.85. The number of carbonyl (C=O) groups excluding carboxylic acids is 1. The van der Waals surface area contributed by atoms with Gasteiger partial charge in [0.1, 0.15) is 0 Å². The Morgan fingerprint density at radius 1 is 1.33 bits per heavy atom. The molecule has 0 fully saturated rings. The topological polar surface area (TPSA) is 55.1 Å². The number of anilines is 2. The smallest absolute Gasteiger partial charge is 0.237 e. The lowest BCUT2D eigenvalue weighted by Crippen LogP contribution is -2.22. The van der Waals surface area contributed by atoms with E-state index in [2.05, 4.69) is 21.2 Å². The zero-order chi connectivity index (χ0) is 15.4. The second-order valence-electron chi connectivity index (χ2n) is 4.44. The lowest BCUT2D eigenvalue weighted by Gasteiger charge is -2.13. The van der Waals surface area contributed by atoms with Gasteiger partial charge in [-0.15, -0.1) is 11.8 Å². The number of benzene rings is 2. The second kappa shape index (κ2) is 7.20. The molecule has 2 aromatic rings. The van der Waals surface area contributed by atoms with Crippen LogP contribution in [-0.4, -0.2) is 11.2 Å². The van der Waals surface area contributed by atoms with Crippen molar-refractivity contribution in [3.05, 3.63) is 52.0 Å². The Balaban J connectivity index is 2.04. The van der Waals surface area contributed by atoms with E-state index in [4.69, 9.17) is 17.3 Å². The van der Waals surface area contributed by atoms with E-state index in [1.165, 1.54) is 11.8 Å². The maximum absolute atomic E-state index is 12.2. The lowest BCUT2D eigenvalue weighted by atomic mass is 10.2. The molecule has 0 saturated heterocycles. The van der Waals surface area contributed by atoms with Crippen LogP contribution in [0.3, 0.4) is 0 Å². The normalized spacial score (nSPS) is 12.0. The van der Waals surface area contributed by atoms with E-state index in [0.717, 1.165) is 9.37 Å². The molecule has 3 nitrogen and oxygen atoms in total. The first-order chi connectivity index (χ1) is 9.95. The van der Waals surface area contributed by atoms with Crippen LogP contribution in [0.15, 0.2) is 51.8 Å². The van der Waals surface area contributed by atoms with Crippen molar-refractivity contribution in [2.45, 2.75) is 17.1 Å². The van der Waals surface area contributed by atoms with Crippen molar-refractivity contribution >= 4 is 56.6 Å². The van der Waals surface area contributed by atoms with Crippen LogP contribution in [0, 0.1) is 0 Å². The highest BCUT2D eigenvalue weighted by molar-refractivity contribution is 9.10. The van der Waals surface area contributed by atoms with E-state index >= 15 is 0 Å². The predicted octanol–water partition coefficient (Wildman–Crippen LogP) is 4.80. The van der Waals surface area contributed by atoms with E-state index < -0.39 is 0 Å². The van der Waals surface area contributed by atoms with Gasteiger partial charge in [0.25, 0.3) is 0 Å². The summed E-state index contributed by atoms with van der Waals surface area (Å²) in [6, 6.07) is 12.8. The fraction of sp³-hybridized carbons (Fsp3) is 0.133. The van der Waals surface area contributed by atoms with Crippen molar-refractivity contribution in [2.75, 3.05) is 11.1 Å². The van der Waals surface area contributed by atoms with Gasteiger partial charge in [0.2, 0.25) is 5.91 Å². The minimum absolute atomic E-state index is 0.117. The van der Waals surface area contributed by atoms with Crippen LogP contribution >= 0.6 is 39.3 Å². The number of thioether (sulfide) groups is 1. The Kier molecular flexibility index (Phi) is 5.56. The van der Waals surface area contributed by atoms with Crippen LogP contribution in [0.5, 0.6) is 0 Å². The molecule has 0 radical (unpaired) electrons. The van der Waals surface area contributed by atoms with E-state index in [-0.39, 0.29) is 11.2 Å². The molecule has 3 N–H and O–H groups in total. The number of amides is 1. The van der Waals surface area contributed by atoms with Gasteiger partial charge in [0.15, 0.2) is 0 Å². The summed E-state index contributed by atoms with van der Waals surface area (Å²) in [5.74, 6) is -0.117. The van der Waals surface area contributed by atoms with Crippen molar-refractivity contribution in [1.29, 1.82) is 0 Å². The monoisotopic (exact) mass is 384 g/mol. The van der Waals surface area contributed by atoms with Crippen molar-refractivity contribution in [3.63, 3.8) is 0 Å². The summed E-state index contributed by atoms with van der Waals surface area (Å²) in [6.07, 6.45) is 0.